The Hall–Kier alpha value is -1.36. The number of fused-ring (bicyclic) bond motifs is 5. The second-order valence-corrected chi connectivity index (χ2v) is 11.0. The van der Waals surface area contributed by atoms with Gasteiger partial charge in [-0.1, -0.05) is 33.3 Å². The molecule has 7 atom stereocenters. The van der Waals surface area contributed by atoms with Crippen molar-refractivity contribution in [2.75, 3.05) is 13.6 Å². The highest BCUT2D eigenvalue weighted by Crippen LogP contribution is 2.64. The molecule has 3 unspecified atom stereocenters. The highest BCUT2D eigenvalue weighted by Gasteiger charge is 2.62. The summed E-state index contributed by atoms with van der Waals surface area (Å²) in [6.45, 7) is 9.22. The molecule has 1 heterocycles. The maximum absolute atomic E-state index is 12.4. The quantitative estimate of drug-likeness (QED) is 0.746. The molecule has 4 rings (SSSR count). The van der Waals surface area contributed by atoms with Crippen LogP contribution >= 0.6 is 0 Å². The maximum Gasteiger partial charge on any atom is 0.246 e. The minimum atomic E-state index is -0.384. The molecule has 0 saturated heterocycles. The summed E-state index contributed by atoms with van der Waals surface area (Å²) >= 11 is 0. The average molecular weight is 403 g/mol. The maximum atomic E-state index is 12.4. The number of amides is 2. The first-order valence-electron chi connectivity index (χ1n) is 11.5. The second-order valence-electron chi connectivity index (χ2n) is 11.0. The van der Waals surface area contributed by atoms with Gasteiger partial charge in [0, 0.05) is 31.6 Å². The van der Waals surface area contributed by atoms with Crippen molar-refractivity contribution < 1.29 is 14.7 Å². The number of hydrogen-bond acceptors (Lipinski definition) is 3. The van der Waals surface area contributed by atoms with Crippen molar-refractivity contribution in [2.24, 2.45) is 34.5 Å². The van der Waals surface area contributed by atoms with Crippen LogP contribution in [-0.4, -0.2) is 47.6 Å². The fraction of sp³-hybridized carbons (Fsp3) is 0.833. The van der Waals surface area contributed by atoms with Crippen LogP contribution in [0, 0.1) is 34.5 Å². The van der Waals surface area contributed by atoms with Gasteiger partial charge >= 0.3 is 0 Å². The number of hydrogen-bond donors (Lipinski definition) is 2. The van der Waals surface area contributed by atoms with Crippen molar-refractivity contribution in [3.63, 3.8) is 0 Å². The van der Waals surface area contributed by atoms with Gasteiger partial charge in [0.2, 0.25) is 11.8 Å². The van der Waals surface area contributed by atoms with Gasteiger partial charge in [-0.25, -0.2) is 0 Å². The van der Waals surface area contributed by atoms with Crippen LogP contribution in [0.2, 0.25) is 0 Å². The summed E-state index contributed by atoms with van der Waals surface area (Å²) in [5.41, 5.74) is 1.10. The van der Waals surface area contributed by atoms with Crippen LogP contribution in [-0.2, 0) is 9.59 Å². The number of nitrogens with one attached hydrogen (secondary N) is 1. The molecule has 4 aliphatic rings. The van der Waals surface area contributed by atoms with Gasteiger partial charge < -0.3 is 15.3 Å². The molecule has 162 valence electrons. The van der Waals surface area contributed by atoms with Crippen molar-refractivity contribution in [1.82, 2.24) is 10.2 Å². The number of carbonyl (C=O) groups is 2. The van der Waals surface area contributed by atoms with E-state index >= 15 is 0 Å². The smallest absolute Gasteiger partial charge is 0.246 e. The molecule has 3 aliphatic carbocycles. The Morgan fingerprint density at radius 3 is 2.69 bits per heavy atom. The highest BCUT2D eigenvalue weighted by molar-refractivity contribution is 5.88. The molecule has 29 heavy (non-hydrogen) atoms. The van der Waals surface area contributed by atoms with E-state index in [0.717, 1.165) is 45.1 Å². The first kappa shape index (κ1) is 20.9. The minimum Gasteiger partial charge on any atom is -0.393 e. The molecule has 1 aliphatic heterocycles. The topological polar surface area (TPSA) is 69.6 Å². The predicted octanol–water partition coefficient (Wildman–Crippen LogP) is 3.13. The normalized spacial score (nSPS) is 44.5. The summed E-state index contributed by atoms with van der Waals surface area (Å²) in [7, 11) is 1.88. The summed E-state index contributed by atoms with van der Waals surface area (Å²) in [6.07, 6.45) is 7.29. The highest BCUT2D eigenvalue weighted by atomic mass is 16.3. The van der Waals surface area contributed by atoms with Crippen LogP contribution in [0.3, 0.4) is 0 Å². The third kappa shape index (κ3) is 3.15. The van der Waals surface area contributed by atoms with E-state index in [-0.39, 0.29) is 46.6 Å². The van der Waals surface area contributed by atoms with Crippen LogP contribution in [0.4, 0.5) is 0 Å². The van der Waals surface area contributed by atoms with Gasteiger partial charge in [-0.15, -0.1) is 0 Å². The van der Waals surface area contributed by atoms with E-state index in [0.29, 0.717) is 11.8 Å². The lowest BCUT2D eigenvalue weighted by Gasteiger charge is -2.59. The van der Waals surface area contributed by atoms with Crippen LogP contribution in [0.5, 0.6) is 0 Å². The standard InChI is InChI=1S/C24H38N2O3/c1-14(2)22(29)25-19-9-8-17-16-7-6-15-12-20(28)26(5)11-10-23(15,3)21(16)18(27)13-24(17,19)4/h12,14,16-19,21,27H,6-11,13H2,1-5H3,(H,25,29)/t16?,17?,18-,19-,21?,23-,24-/m0/s1. The summed E-state index contributed by atoms with van der Waals surface area (Å²) in [4.78, 5) is 26.7. The van der Waals surface area contributed by atoms with Gasteiger partial charge in [-0.2, -0.15) is 0 Å². The molecule has 0 aromatic rings. The lowest BCUT2D eigenvalue weighted by atomic mass is 9.47. The summed E-state index contributed by atoms with van der Waals surface area (Å²) in [6, 6.07) is 0.157. The fourth-order valence-electron chi connectivity index (χ4n) is 7.38. The van der Waals surface area contributed by atoms with E-state index in [4.69, 9.17) is 0 Å². The third-order valence-corrected chi connectivity index (χ3v) is 9.15. The van der Waals surface area contributed by atoms with E-state index in [2.05, 4.69) is 19.2 Å². The number of nitrogens with zero attached hydrogens (tertiary/aromatic N) is 1. The van der Waals surface area contributed by atoms with Gasteiger partial charge in [0.05, 0.1) is 6.10 Å². The van der Waals surface area contributed by atoms with E-state index in [1.54, 1.807) is 0 Å². The van der Waals surface area contributed by atoms with E-state index in [9.17, 15) is 14.7 Å². The molecule has 3 fully saturated rings. The number of rotatable bonds is 2. The fourth-order valence-corrected chi connectivity index (χ4v) is 7.38. The summed E-state index contributed by atoms with van der Waals surface area (Å²) in [5, 5.41) is 14.8. The van der Waals surface area contributed by atoms with Crippen molar-refractivity contribution >= 4 is 11.8 Å². The van der Waals surface area contributed by atoms with Crippen LogP contribution < -0.4 is 5.32 Å². The van der Waals surface area contributed by atoms with E-state index in [1.807, 2.05) is 31.9 Å². The van der Waals surface area contributed by atoms with Crippen molar-refractivity contribution in [3.05, 3.63) is 11.6 Å². The SMILES string of the molecule is CC(C)C(=O)N[C@H]1CCC2C3CCC4=CC(=O)N(C)CC[C@]4(C)C3[C@@H](O)C[C@@]21C. The molecular formula is C24H38N2O3. The minimum absolute atomic E-state index is 0.0132. The summed E-state index contributed by atoms with van der Waals surface area (Å²) < 4.78 is 0. The molecule has 3 saturated carbocycles. The van der Waals surface area contributed by atoms with Crippen LogP contribution in [0.15, 0.2) is 11.6 Å². The van der Waals surface area contributed by atoms with Crippen LogP contribution in [0.25, 0.3) is 0 Å². The number of likely N-dealkylation sites (N-methyl/N-ethyl adjacent to an activating group) is 1. The Kier molecular flexibility index (Phi) is 5.12. The summed E-state index contributed by atoms with van der Waals surface area (Å²) in [5.74, 6) is 1.42. The van der Waals surface area contributed by atoms with Crippen molar-refractivity contribution in [3.8, 4) is 0 Å². The first-order chi connectivity index (χ1) is 13.6. The molecule has 0 spiro atoms. The Labute approximate surface area is 175 Å². The lowest BCUT2D eigenvalue weighted by molar-refractivity contribution is -0.133. The number of aliphatic hydroxyl groups is 1. The first-order valence-corrected chi connectivity index (χ1v) is 11.5. The number of aliphatic hydroxyl groups excluding tert-OH is 1. The molecule has 0 radical (unpaired) electrons. The molecule has 0 aromatic carbocycles. The molecule has 2 N–H and O–H groups in total. The molecule has 0 aromatic heterocycles. The monoisotopic (exact) mass is 402 g/mol. The average Bonchev–Trinajstić information content (AvgIpc) is 2.91. The predicted molar refractivity (Wildman–Crippen MR) is 113 cm³/mol. The van der Waals surface area contributed by atoms with Gasteiger partial charge in [0.15, 0.2) is 0 Å². The third-order valence-electron chi connectivity index (χ3n) is 9.15. The largest absolute Gasteiger partial charge is 0.393 e. The van der Waals surface area contributed by atoms with E-state index < -0.39 is 0 Å². The molecular weight excluding hydrogens is 364 g/mol. The molecule has 5 nitrogen and oxygen atoms in total. The Balaban J connectivity index is 1.64. The Bertz CT molecular complexity index is 732. The number of carbonyl (C=O) groups excluding carboxylic acids is 2. The lowest BCUT2D eigenvalue weighted by Crippen LogP contribution is -2.59. The van der Waals surface area contributed by atoms with Gasteiger partial charge in [0.1, 0.15) is 0 Å². The molecule has 5 heteroatoms. The zero-order valence-corrected chi connectivity index (χ0v) is 18.7. The van der Waals surface area contributed by atoms with Gasteiger partial charge in [-0.3, -0.25) is 9.59 Å². The molecule has 0 bridgehead atoms. The Morgan fingerprint density at radius 1 is 1.28 bits per heavy atom. The second kappa shape index (κ2) is 7.11. The van der Waals surface area contributed by atoms with Crippen molar-refractivity contribution in [2.45, 2.75) is 78.4 Å². The van der Waals surface area contributed by atoms with Gasteiger partial charge in [-0.05, 0) is 67.1 Å². The van der Waals surface area contributed by atoms with E-state index in [1.165, 1.54) is 5.57 Å². The zero-order chi connectivity index (χ0) is 21.1. The van der Waals surface area contributed by atoms with Crippen LogP contribution in [0.1, 0.15) is 66.2 Å². The van der Waals surface area contributed by atoms with Crippen molar-refractivity contribution in [1.29, 1.82) is 0 Å². The zero-order valence-electron chi connectivity index (χ0n) is 18.7. The Morgan fingerprint density at radius 2 is 2.00 bits per heavy atom. The number of allylic oxidation sites excluding steroid dienone is 1. The molecule has 2 amide bonds. The van der Waals surface area contributed by atoms with Gasteiger partial charge in [0.25, 0.3) is 0 Å².